The molecule has 2 aromatic rings. The Labute approximate surface area is 130 Å². The van der Waals surface area contributed by atoms with Crippen LogP contribution in [-0.4, -0.2) is 18.2 Å². The summed E-state index contributed by atoms with van der Waals surface area (Å²) in [5.41, 5.74) is 2.45. The zero-order valence-corrected chi connectivity index (χ0v) is 12.8. The molecule has 1 atom stereocenters. The molecule has 4 nitrogen and oxygen atoms in total. The highest BCUT2D eigenvalue weighted by Crippen LogP contribution is 2.12. The van der Waals surface area contributed by atoms with Crippen molar-refractivity contribution in [3.05, 3.63) is 65.7 Å². The Morgan fingerprint density at radius 2 is 1.77 bits per heavy atom. The molecule has 2 rings (SSSR count). The van der Waals surface area contributed by atoms with Crippen LogP contribution in [0.2, 0.25) is 0 Å². The zero-order valence-electron chi connectivity index (χ0n) is 12.8. The van der Waals surface area contributed by atoms with Gasteiger partial charge >= 0.3 is 0 Å². The highest BCUT2D eigenvalue weighted by atomic mass is 16.2. The third kappa shape index (κ3) is 4.45. The molecule has 0 aliphatic heterocycles. The summed E-state index contributed by atoms with van der Waals surface area (Å²) in [6, 6.07) is 16.9. The van der Waals surface area contributed by atoms with Gasteiger partial charge in [-0.1, -0.05) is 42.5 Å². The van der Waals surface area contributed by atoms with Crippen LogP contribution >= 0.6 is 0 Å². The van der Waals surface area contributed by atoms with Crippen molar-refractivity contribution in [2.45, 2.75) is 19.9 Å². The molecule has 0 radical (unpaired) electrons. The Hall–Kier alpha value is -2.62. The van der Waals surface area contributed by atoms with Crippen molar-refractivity contribution in [2.24, 2.45) is 0 Å². The first-order valence-corrected chi connectivity index (χ1v) is 7.25. The van der Waals surface area contributed by atoms with Crippen LogP contribution in [-0.2, 0) is 4.79 Å². The number of Topliss-reactive ketones (excluding diaryl/α,β-unsaturated/α-hetero) is 1. The van der Waals surface area contributed by atoms with Crippen LogP contribution in [0.4, 0.5) is 5.69 Å². The van der Waals surface area contributed by atoms with Crippen molar-refractivity contribution in [3.8, 4) is 0 Å². The lowest BCUT2D eigenvalue weighted by Gasteiger charge is -2.15. The van der Waals surface area contributed by atoms with E-state index >= 15 is 0 Å². The summed E-state index contributed by atoms with van der Waals surface area (Å²) in [5, 5.41) is 5.97. The number of nitrogens with one attached hydrogen (secondary N) is 2. The summed E-state index contributed by atoms with van der Waals surface area (Å²) in [7, 11) is 0. The minimum atomic E-state index is -0.0930. The van der Waals surface area contributed by atoms with Crippen molar-refractivity contribution in [2.75, 3.05) is 11.9 Å². The average Bonchev–Trinajstić information content (AvgIpc) is 2.54. The van der Waals surface area contributed by atoms with Gasteiger partial charge in [0.1, 0.15) is 0 Å². The molecule has 2 aromatic carbocycles. The first-order chi connectivity index (χ1) is 10.6. The van der Waals surface area contributed by atoms with Crippen LogP contribution in [0.1, 0.15) is 35.8 Å². The van der Waals surface area contributed by atoms with Crippen molar-refractivity contribution < 1.29 is 9.59 Å². The van der Waals surface area contributed by atoms with Gasteiger partial charge < -0.3 is 10.6 Å². The fourth-order valence-corrected chi connectivity index (χ4v) is 2.15. The number of anilines is 1. The molecule has 0 spiro atoms. The summed E-state index contributed by atoms with van der Waals surface area (Å²) < 4.78 is 0. The maximum absolute atomic E-state index is 12.0. The standard InChI is InChI=1S/C18H20N2O2/c1-13(15-7-4-3-5-8-15)20-18(22)12-19-17-10-6-9-16(11-17)14(2)21/h3-11,13,19H,12H2,1-2H3,(H,20,22). The van der Waals surface area contributed by atoms with E-state index in [4.69, 9.17) is 0 Å². The van der Waals surface area contributed by atoms with Gasteiger partial charge in [0.15, 0.2) is 5.78 Å². The van der Waals surface area contributed by atoms with Crippen LogP contribution in [0, 0.1) is 0 Å². The third-order valence-electron chi connectivity index (χ3n) is 3.40. The Morgan fingerprint density at radius 1 is 1.05 bits per heavy atom. The number of hydrogen-bond acceptors (Lipinski definition) is 3. The van der Waals surface area contributed by atoms with Crippen LogP contribution < -0.4 is 10.6 Å². The molecule has 0 aromatic heterocycles. The van der Waals surface area contributed by atoms with E-state index < -0.39 is 0 Å². The normalized spacial score (nSPS) is 11.5. The highest BCUT2D eigenvalue weighted by Gasteiger charge is 2.09. The molecule has 4 heteroatoms. The molecular formula is C18H20N2O2. The summed E-state index contributed by atoms with van der Waals surface area (Å²) >= 11 is 0. The summed E-state index contributed by atoms with van der Waals surface area (Å²) in [6.45, 7) is 3.63. The van der Waals surface area contributed by atoms with E-state index in [-0.39, 0.29) is 24.3 Å². The van der Waals surface area contributed by atoms with Crippen molar-refractivity contribution in [3.63, 3.8) is 0 Å². The molecule has 114 valence electrons. The summed E-state index contributed by atoms with van der Waals surface area (Å²) in [5.74, 6) is -0.0876. The molecule has 2 N–H and O–H groups in total. The minimum absolute atomic E-state index is 0.00537. The van der Waals surface area contributed by atoms with E-state index in [0.717, 1.165) is 11.3 Å². The number of carbonyl (C=O) groups is 2. The van der Waals surface area contributed by atoms with Gasteiger partial charge in [-0.2, -0.15) is 0 Å². The van der Waals surface area contributed by atoms with Crippen molar-refractivity contribution >= 4 is 17.4 Å². The Bertz CT molecular complexity index is 653. The fraction of sp³-hybridized carbons (Fsp3) is 0.222. The molecule has 0 saturated carbocycles. The smallest absolute Gasteiger partial charge is 0.239 e. The first kappa shape index (κ1) is 15.8. The second kappa shape index (κ2) is 7.41. The van der Waals surface area contributed by atoms with Gasteiger partial charge in [0.25, 0.3) is 0 Å². The van der Waals surface area contributed by atoms with E-state index in [2.05, 4.69) is 10.6 Å². The summed E-state index contributed by atoms with van der Waals surface area (Å²) in [6.07, 6.45) is 0. The maximum atomic E-state index is 12.0. The van der Waals surface area contributed by atoms with Gasteiger partial charge in [-0.25, -0.2) is 0 Å². The van der Waals surface area contributed by atoms with Crippen LogP contribution in [0.15, 0.2) is 54.6 Å². The molecule has 1 unspecified atom stereocenters. The molecule has 0 fully saturated rings. The van der Waals surface area contributed by atoms with E-state index in [1.54, 1.807) is 18.2 Å². The number of hydrogen-bond donors (Lipinski definition) is 2. The zero-order chi connectivity index (χ0) is 15.9. The van der Waals surface area contributed by atoms with Crippen LogP contribution in [0.25, 0.3) is 0 Å². The van der Waals surface area contributed by atoms with Gasteiger partial charge in [0.2, 0.25) is 5.91 Å². The molecule has 0 aliphatic rings. The van der Waals surface area contributed by atoms with Crippen molar-refractivity contribution in [1.29, 1.82) is 0 Å². The number of rotatable bonds is 6. The van der Waals surface area contributed by atoms with Crippen LogP contribution in [0.5, 0.6) is 0 Å². The van der Waals surface area contributed by atoms with Gasteiger partial charge in [-0.05, 0) is 31.5 Å². The van der Waals surface area contributed by atoms with Gasteiger partial charge in [-0.15, -0.1) is 0 Å². The first-order valence-electron chi connectivity index (χ1n) is 7.25. The van der Waals surface area contributed by atoms with Gasteiger partial charge in [0, 0.05) is 11.3 Å². The maximum Gasteiger partial charge on any atom is 0.239 e. The quantitative estimate of drug-likeness (QED) is 0.805. The van der Waals surface area contributed by atoms with E-state index in [0.29, 0.717) is 5.56 Å². The molecule has 1 amide bonds. The lowest BCUT2D eigenvalue weighted by molar-refractivity contribution is -0.120. The van der Waals surface area contributed by atoms with Gasteiger partial charge in [-0.3, -0.25) is 9.59 Å². The lowest BCUT2D eigenvalue weighted by Crippen LogP contribution is -2.32. The molecule has 0 aliphatic carbocycles. The Balaban J connectivity index is 1.88. The topological polar surface area (TPSA) is 58.2 Å². The summed E-state index contributed by atoms with van der Waals surface area (Å²) in [4.78, 5) is 23.3. The van der Waals surface area contributed by atoms with E-state index in [1.807, 2.05) is 43.3 Å². The monoisotopic (exact) mass is 296 g/mol. The average molecular weight is 296 g/mol. The molecule has 0 saturated heterocycles. The third-order valence-corrected chi connectivity index (χ3v) is 3.40. The Morgan fingerprint density at radius 3 is 2.45 bits per heavy atom. The van der Waals surface area contributed by atoms with E-state index in [1.165, 1.54) is 6.92 Å². The second-order valence-corrected chi connectivity index (χ2v) is 5.19. The molecule has 0 bridgehead atoms. The SMILES string of the molecule is CC(=O)c1cccc(NCC(=O)NC(C)c2ccccc2)c1. The van der Waals surface area contributed by atoms with E-state index in [9.17, 15) is 9.59 Å². The molecule has 22 heavy (non-hydrogen) atoms. The molecule has 0 heterocycles. The largest absolute Gasteiger partial charge is 0.376 e. The Kier molecular flexibility index (Phi) is 5.31. The van der Waals surface area contributed by atoms with Gasteiger partial charge in [0.05, 0.1) is 12.6 Å². The predicted octanol–water partition coefficient (Wildman–Crippen LogP) is 3.18. The lowest BCUT2D eigenvalue weighted by atomic mass is 10.1. The highest BCUT2D eigenvalue weighted by molar-refractivity contribution is 5.95. The van der Waals surface area contributed by atoms with Crippen molar-refractivity contribution in [1.82, 2.24) is 5.32 Å². The second-order valence-electron chi connectivity index (χ2n) is 5.19. The molecular weight excluding hydrogens is 276 g/mol. The number of ketones is 1. The number of amides is 1. The minimum Gasteiger partial charge on any atom is -0.376 e. The number of benzene rings is 2. The number of carbonyl (C=O) groups excluding carboxylic acids is 2. The predicted molar refractivity (Wildman–Crippen MR) is 87.9 cm³/mol. The fourth-order valence-electron chi connectivity index (χ4n) is 2.15. The van der Waals surface area contributed by atoms with Crippen LogP contribution in [0.3, 0.4) is 0 Å².